The fourth-order valence-electron chi connectivity index (χ4n) is 1.03. The minimum Gasteiger partial charge on any atom is -0.441 e. The van der Waals surface area contributed by atoms with Crippen molar-refractivity contribution >= 4 is 6.09 Å². The van der Waals surface area contributed by atoms with Crippen LogP contribution in [0.1, 0.15) is 26.7 Å². The standard InChI is InChI=1S/C10H21NO4/c1-8(2)4-3-5-11-10(14)15-9(6-12)7-13/h8-9,12-13H,3-7H2,1-2H3,(H,11,14). The summed E-state index contributed by atoms with van der Waals surface area (Å²) in [5, 5.41) is 19.9. The van der Waals surface area contributed by atoms with Gasteiger partial charge in [-0.25, -0.2) is 4.79 Å². The number of aliphatic hydroxyl groups is 2. The maximum absolute atomic E-state index is 11.1. The molecule has 0 aromatic heterocycles. The molecule has 0 saturated carbocycles. The quantitative estimate of drug-likeness (QED) is 0.545. The highest BCUT2D eigenvalue weighted by atomic mass is 16.6. The van der Waals surface area contributed by atoms with Crippen molar-refractivity contribution in [3.05, 3.63) is 0 Å². The number of hydrogen-bond acceptors (Lipinski definition) is 4. The SMILES string of the molecule is CC(C)CCCNC(=O)OC(CO)CO. The minimum absolute atomic E-state index is 0.365. The fourth-order valence-corrected chi connectivity index (χ4v) is 1.03. The first kappa shape index (κ1) is 14.2. The summed E-state index contributed by atoms with van der Waals surface area (Å²) in [6, 6.07) is 0. The Hall–Kier alpha value is -0.810. The van der Waals surface area contributed by atoms with Gasteiger partial charge in [-0.05, 0) is 18.8 Å². The zero-order valence-corrected chi connectivity index (χ0v) is 9.40. The third-order valence-corrected chi connectivity index (χ3v) is 1.91. The van der Waals surface area contributed by atoms with Gasteiger partial charge in [0.1, 0.15) is 6.10 Å². The molecule has 0 fully saturated rings. The van der Waals surface area contributed by atoms with E-state index in [9.17, 15) is 4.79 Å². The van der Waals surface area contributed by atoms with Gasteiger partial charge in [0.15, 0.2) is 0 Å². The van der Waals surface area contributed by atoms with E-state index in [2.05, 4.69) is 19.2 Å². The second-order valence-corrected chi connectivity index (χ2v) is 3.86. The molecule has 0 atom stereocenters. The van der Waals surface area contributed by atoms with Crippen LogP contribution in [0.15, 0.2) is 0 Å². The molecule has 5 nitrogen and oxygen atoms in total. The number of alkyl carbamates (subject to hydrolysis) is 1. The van der Waals surface area contributed by atoms with Crippen LogP contribution in [0.3, 0.4) is 0 Å². The Morgan fingerprint density at radius 1 is 1.33 bits per heavy atom. The maximum Gasteiger partial charge on any atom is 0.407 e. The highest BCUT2D eigenvalue weighted by Gasteiger charge is 2.11. The molecular weight excluding hydrogens is 198 g/mol. The summed E-state index contributed by atoms with van der Waals surface area (Å²) in [4.78, 5) is 11.1. The molecule has 0 radical (unpaired) electrons. The molecule has 0 aromatic carbocycles. The van der Waals surface area contributed by atoms with Gasteiger partial charge in [-0.2, -0.15) is 0 Å². The second-order valence-electron chi connectivity index (χ2n) is 3.86. The van der Waals surface area contributed by atoms with Crippen molar-refractivity contribution in [2.75, 3.05) is 19.8 Å². The number of rotatable bonds is 7. The van der Waals surface area contributed by atoms with Crippen LogP contribution in [0.25, 0.3) is 0 Å². The molecule has 0 bridgehead atoms. The van der Waals surface area contributed by atoms with Crippen LogP contribution in [-0.2, 0) is 4.74 Å². The van der Waals surface area contributed by atoms with Crippen LogP contribution in [0.2, 0.25) is 0 Å². The van der Waals surface area contributed by atoms with Crippen molar-refractivity contribution in [2.24, 2.45) is 5.92 Å². The van der Waals surface area contributed by atoms with E-state index in [1.165, 1.54) is 0 Å². The Kier molecular flexibility index (Phi) is 8.04. The first-order valence-electron chi connectivity index (χ1n) is 5.26. The highest BCUT2D eigenvalue weighted by molar-refractivity contribution is 5.67. The van der Waals surface area contributed by atoms with E-state index in [1.807, 2.05) is 0 Å². The van der Waals surface area contributed by atoms with Crippen molar-refractivity contribution < 1.29 is 19.7 Å². The van der Waals surface area contributed by atoms with E-state index in [4.69, 9.17) is 14.9 Å². The Morgan fingerprint density at radius 2 is 1.93 bits per heavy atom. The molecule has 0 rings (SSSR count). The molecule has 0 saturated heterocycles. The fraction of sp³-hybridized carbons (Fsp3) is 0.900. The molecule has 0 unspecified atom stereocenters. The summed E-state index contributed by atoms with van der Waals surface area (Å²) in [7, 11) is 0. The summed E-state index contributed by atoms with van der Waals surface area (Å²) in [6.45, 7) is 4.06. The summed E-state index contributed by atoms with van der Waals surface area (Å²) < 4.78 is 4.71. The largest absolute Gasteiger partial charge is 0.441 e. The molecule has 0 aliphatic rings. The molecule has 1 amide bonds. The monoisotopic (exact) mass is 219 g/mol. The Bertz CT molecular complexity index is 169. The van der Waals surface area contributed by atoms with Crippen LogP contribution in [-0.4, -0.2) is 42.2 Å². The lowest BCUT2D eigenvalue weighted by atomic mass is 10.1. The maximum atomic E-state index is 11.1. The molecule has 0 aliphatic heterocycles. The van der Waals surface area contributed by atoms with Crippen molar-refractivity contribution in [3.8, 4) is 0 Å². The predicted octanol–water partition coefficient (Wildman–Crippen LogP) is 0.502. The molecule has 3 N–H and O–H groups in total. The number of amides is 1. The van der Waals surface area contributed by atoms with Crippen LogP contribution in [0, 0.1) is 5.92 Å². The predicted molar refractivity (Wildman–Crippen MR) is 56.5 cm³/mol. The number of hydrogen-bond donors (Lipinski definition) is 3. The van der Waals surface area contributed by atoms with E-state index in [-0.39, 0.29) is 13.2 Å². The van der Waals surface area contributed by atoms with Gasteiger partial charge < -0.3 is 20.3 Å². The summed E-state index contributed by atoms with van der Waals surface area (Å²) in [6.07, 6.45) is 0.529. The third-order valence-electron chi connectivity index (χ3n) is 1.91. The minimum atomic E-state index is -0.824. The van der Waals surface area contributed by atoms with Crippen molar-refractivity contribution in [3.63, 3.8) is 0 Å². The van der Waals surface area contributed by atoms with Gasteiger partial charge >= 0.3 is 6.09 Å². The van der Waals surface area contributed by atoms with Crippen LogP contribution < -0.4 is 5.32 Å². The van der Waals surface area contributed by atoms with Gasteiger partial charge in [0, 0.05) is 6.54 Å². The van der Waals surface area contributed by atoms with E-state index in [0.717, 1.165) is 12.8 Å². The molecule has 5 heteroatoms. The highest BCUT2D eigenvalue weighted by Crippen LogP contribution is 2.01. The van der Waals surface area contributed by atoms with Gasteiger partial charge in [0.2, 0.25) is 0 Å². The van der Waals surface area contributed by atoms with Gasteiger partial charge in [-0.15, -0.1) is 0 Å². The lowest BCUT2D eigenvalue weighted by Crippen LogP contribution is -2.33. The Labute approximate surface area is 90.4 Å². The van der Waals surface area contributed by atoms with Gasteiger partial charge in [-0.1, -0.05) is 13.8 Å². The van der Waals surface area contributed by atoms with Crippen LogP contribution in [0.4, 0.5) is 4.79 Å². The van der Waals surface area contributed by atoms with E-state index in [0.29, 0.717) is 12.5 Å². The summed E-state index contributed by atoms with van der Waals surface area (Å²) >= 11 is 0. The summed E-state index contributed by atoms with van der Waals surface area (Å²) in [5.74, 6) is 0.616. The van der Waals surface area contributed by atoms with E-state index >= 15 is 0 Å². The first-order valence-corrected chi connectivity index (χ1v) is 5.26. The van der Waals surface area contributed by atoms with Gasteiger partial charge in [0.05, 0.1) is 13.2 Å². The Balaban J connectivity index is 3.48. The van der Waals surface area contributed by atoms with Crippen LogP contribution in [0.5, 0.6) is 0 Å². The van der Waals surface area contributed by atoms with Crippen LogP contribution >= 0.6 is 0 Å². The number of carbonyl (C=O) groups excluding carboxylic acids is 1. The normalized spacial score (nSPS) is 10.8. The zero-order valence-electron chi connectivity index (χ0n) is 9.40. The van der Waals surface area contributed by atoms with Gasteiger partial charge in [-0.3, -0.25) is 0 Å². The van der Waals surface area contributed by atoms with Crippen molar-refractivity contribution in [1.29, 1.82) is 0 Å². The lowest BCUT2D eigenvalue weighted by Gasteiger charge is -2.13. The average molecular weight is 219 g/mol. The number of nitrogens with one attached hydrogen (secondary N) is 1. The van der Waals surface area contributed by atoms with E-state index < -0.39 is 12.2 Å². The number of carbonyl (C=O) groups is 1. The van der Waals surface area contributed by atoms with Crippen molar-refractivity contribution in [2.45, 2.75) is 32.8 Å². The smallest absolute Gasteiger partial charge is 0.407 e. The molecule has 90 valence electrons. The molecule has 0 spiro atoms. The van der Waals surface area contributed by atoms with Gasteiger partial charge in [0.25, 0.3) is 0 Å². The third kappa shape index (κ3) is 8.20. The van der Waals surface area contributed by atoms with E-state index in [1.54, 1.807) is 0 Å². The van der Waals surface area contributed by atoms with Crippen molar-refractivity contribution in [1.82, 2.24) is 5.32 Å². The number of aliphatic hydroxyl groups excluding tert-OH is 2. The first-order chi connectivity index (χ1) is 7.10. The summed E-state index contributed by atoms with van der Waals surface area (Å²) in [5.41, 5.74) is 0. The molecule has 0 aromatic rings. The molecular formula is C10H21NO4. The topological polar surface area (TPSA) is 78.8 Å². The lowest BCUT2D eigenvalue weighted by molar-refractivity contribution is 0.0223. The second kappa shape index (κ2) is 8.49. The average Bonchev–Trinajstić information content (AvgIpc) is 2.20. The number of ether oxygens (including phenoxy) is 1. The Morgan fingerprint density at radius 3 is 2.40 bits per heavy atom. The zero-order chi connectivity index (χ0) is 11.7. The molecule has 0 heterocycles. The molecule has 15 heavy (non-hydrogen) atoms. The molecule has 0 aliphatic carbocycles.